The number of aliphatic carboxylic acids is 1. The Kier molecular flexibility index (Phi) is 5.63. The fourth-order valence-corrected chi connectivity index (χ4v) is 3.61. The number of aromatic nitrogens is 1. The van der Waals surface area contributed by atoms with Crippen LogP contribution in [-0.2, 0) is 30.8 Å². The van der Waals surface area contributed by atoms with Crippen molar-refractivity contribution in [2.24, 2.45) is 5.73 Å². The molecule has 0 saturated carbocycles. The summed E-state index contributed by atoms with van der Waals surface area (Å²) >= 11 is 0. The average Bonchev–Trinajstić information content (AvgIpc) is 3.21. The molecule has 2 aromatic carbocycles. The highest BCUT2D eigenvalue weighted by atomic mass is 19.1. The van der Waals surface area contributed by atoms with Gasteiger partial charge in [-0.2, -0.15) is 0 Å². The Labute approximate surface area is 173 Å². The number of hydrogen-bond acceptors (Lipinski definition) is 5. The number of ether oxygens (including phenoxy) is 2. The van der Waals surface area contributed by atoms with Crippen molar-refractivity contribution >= 4 is 5.97 Å². The SMILES string of the molecule is NCc1nccc(-c2cc(COc3ccccc3CC(=O)O)cc3c2OCC3)c1F. The molecule has 0 saturated heterocycles. The first-order valence-electron chi connectivity index (χ1n) is 9.61. The minimum absolute atomic E-state index is 0.00584. The van der Waals surface area contributed by atoms with Gasteiger partial charge < -0.3 is 20.3 Å². The molecule has 0 atom stereocenters. The van der Waals surface area contributed by atoms with E-state index in [0.29, 0.717) is 34.8 Å². The van der Waals surface area contributed by atoms with Crippen molar-refractivity contribution in [1.29, 1.82) is 0 Å². The van der Waals surface area contributed by atoms with Crippen LogP contribution >= 0.6 is 0 Å². The lowest BCUT2D eigenvalue weighted by molar-refractivity contribution is -0.136. The molecule has 1 aliphatic heterocycles. The Morgan fingerprint density at radius 3 is 2.87 bits per heavy atom. The molecule has 1 aromatic heterocycles. The fraction of sp³-hybridized carbons (Fsp3) is 0.217. The van der Waals surface area contributed by atoms with Gasteiger partial charge in [0, 0.05) is 35.9 Å². The Morgan fingerprint density at radius 1 is 1.23 bits per heavy atom. The van der Waals surface area contributed by atoms with Crippen molar-refractivity contribution in [1.82, 2.24) is 4.98 Å². The summed E-state index contributed by atoms with van der Waals surface area (Å²) in [7, 11) is 0. The number of para-hydroxylation sites is 1. The van der Waals surface area contributed by atoms with Gasteiger partial charge in [0.25, 0.3) is 0 Å². The van der Waals surface area contributed by atoms with Crippen molar-refractivity contribution in [2.45, 2.75) is 26.0 Å². The summed E-state index contributed by atoms with van der Waals surface area (Å²) in [4.78, 5) is 15.1. The van der Waals surface area contributed by atoms with E-state index >= 15 is 0 Å². The van der Waals surface area contributed by atoms with E-state index in [2.05, 4.69) is 4.98 Å². The maximum atomic E-state index is 14.9. The number of carboxylic acids is 1. The first-order chi connectivity index (χ1) is 14.6. The van der Waals surface area contributed by atoms with Gasteiger partial charge in [0.2, 0.25) is 0 Å². The van der Waals surface area contributed by atoms with Crippen LogP contribution in [0.3, 0.4) is 0 Å². The number of carboxylic acid groups (broad SMARTS) is 1. The zero-order chi connectivity index (χ0) is 21.1. The number of fused-ring (bicyclic) bond motifs is 1. The molecule has 3 N–H and O–H groups in total. The van der Waals surface area contributed by atoms with E-state index in [1.807, 2.05) is 12.1 Å². The monoisotopic (exact) mass is 408 g/mol. The highest BCUT2D eigenvalue weighted by Crippen LogP contribution is 2.39. The number of carbonyl (C=O) groups is 1. The molecule has 4 rings (SSSR count). The lowest BCUT2D eigenvalue weighted by Gasteiger charge is -2.15. The fourth-order valence-electron chi connectivity index (χ4n) is 3.61. The maximum absolute atomic E-state index is 14.9. The molecule has 2 heterocycles. The topological polar surface area (TPSA) is 94.7 Å². The summed E-state index contributed by atoms with van der Waals surface area (Å²) in [6.45, 7) is 0.754. The van der Waals surface area contributed by atoms with Crippen molar-refractivity contribution in [2.75, 3.05) is 6.61 Å². The van der Waals surface area contributed by atoms with E-state index in [-0.39, 0.29) is 25.3 Å². The minimum atomic E-state index is -0.924. The molecular weight excluding hydrogens is 387 g/mol. The number of halogens is 1. The summed E-state index contributed by atoms with van der Waals surface area (Å²) in [6, 6.07) is 12.5. The maximum Gasteiger partial charge on any atom is 0.307 e. The molecule has 0 aliphatic carbocycles. The Morgan fingerprint density at radius 2 is 2.07 bits per heavy atom. The molecule has 0 radical (unpaired) electrons. The van der Waals surface area contributed by atoms with Crippen molar-refractivity contribution in [3.05, 3.63) is 76.9 Å². The third-order valence-electron chi connectivity index (χ3n) is 5.00. The number of hydrogen-bond donors (Lipinski definition) is 2. The van der Waals surface area contributed by atoms with E-state index in [1.54, 1.807) is 30.3 Å². The average molecular weight is 408 g/mol. The molecule has 30 heavy (non-hydrogen) atoms. The summed E-state index contributed by atoms with van der Waals surface area (Å²) in [5.74, 6) is -0.203. The van der Waals surface area contributed by atoms with Crippen LogP contribution in [-0.4, -0.2) is 22.7 Å². The second-order valence-electron chi connectivity index (χ2n) is 7.02. The zero-order valence-electron chi connectivity index (χ0n) is 16.2. The van der Waals surface area contributed by atoms with Gasteiger partial charge >= 0.3 is 5.97 Å². The third-order valence-corrected chi connectivity index (χ3v) is 5.00. The minimum Gasteiger partial charge on any atom is -0.492 e. The van der Waals surface area contributed by atoms with Gasteiger partial charge in [0.15, 0.2) is 5.82 Å². The summed E-state index contributed by atoms with van der Waals surface area (Å²) in [5, 5.41) is 9.09. The van der Waals surface area contributed by atoms with Crippen LogP contribution in [0.25, 0.3) is 11.1 Å². The molecule has 154 valence electrons. The number of rotatable bonds is 7. The second-order valence-corrected chi connectivity index (χ2v) is 7.02. The summed E-state index contributed by atoms with van der Waals surface area (Å²) in [5.41, 5.74) is 9.24. The number of nitrogens with two attached hydrogens (primary N) is 1. The van der Waals surface area contributed by atoms with Gasteiger partial charge in [0.05, 0.1) is 18.7 Å². The molecular formula is C23H21FN2O4. The van der Waals surface area contributed by atoms with Crippen LogP contribution < -0.4 is 15.2 Å². The van der Waals surface area contributed by atoms with E-state index in [1.165, 1.54) is 6.20 Å². The molecule has 0 amide bonds. The van der Waals surface area contributed by atoms with E-state index in [0.717, 1.165) is 17.5 Å². The van der Waals surface area contributed by atoms with Crippen LogP contribution in [0, 0.1) is 5.82 Å². The summed E-state index contributed by atoms with van der Waals surface area (Å²) in [6.07, 6.45) is 2.14. The standard InChI is InChI=1S/C23H21FN2O4/c24-22-17(5-7-26-19(22)12-25)18-10-14(9-16-6-8-29-23(16)18)13-30-20-4-2-1-3-15(20)11-21(27)28/h1-5,7,9-10H,6,8,11-13,25H2,(H,27,28). The van der Waals surface area contributed by atoms with Gasteiger partial charge in [-0.1, -0.05) is 18.2 Å². The van der Waals surface area contributed by atoms with Gasteiger partial charge in [-0.3, -0.25) is 9.78 Å². The quantitative estimate of drug-likeness (QED) is 0.622. The highest BCUT2D eigenvalue weighted by Gasteiger charge is 2.22. The predicted molar refractivity (Wildman–Crippen MR) is 109 cm³/mol. The van der Waals surface area contributed by atoms with Crippen LogP contribution in [0.4, 0.5) is 4.39 Å². The normalized spacial score (nSPS) is 12.3. The molecule has 0 bridgehead atoms. The lowest BCUT2D eigenvalue weighted by Crippen LogP contribution is -2.05. The first-order valence-corrected chi connectivity index (χ1v) is 9.61. The molecule has 7 heteroatoms. The zero-order valence-corrected chi connectivity index (χ0v) is 16.2. The van der Waals surface area contributed by atoms with Crippen molar-refractivity contribution in [3.63, 3.8) is 0 Å². The van der Waals surface area contributed by atoms with Crippen LogP contribution in [0.15, 0.2) is 48.7 Å². The molecule has 1 aliphatic rings. The Bertz CT molecular complexity index is 1100. The van der Waals surface area contributed by atoms with Crippen LogP contribution in [0.1, 0.15) is 22.4 Å². The second kappa shape index (κ2) is 8.51. The number of nitrogens with zero attached hydrogens (tertiary/aromatic N) is 1. The molecule has 0 unspecified atom stereocenters. The van der Waals surface area contributed by atoms with E-state index in [9.17, 15) is 9.18 Å². The molecule has 3 aromatic rings. The molecule has 6 nitrogen and oxygen atoms in total. The van der Waals surface area contributed by atoms with Crippen molar-refractivity contribution < 1.29 is 23.8 Å². The highest BCUT2D eigenvalue weighted by molar-refractivity contribution is 5.74. The van der Waals surface area contributed by atoms with E-state index in [4.69, 9.17) is 20.3 Å². The van der Waals surface area contributed by atoms with E-state index < -0.39 is 11.8 Å². The molecule has 0 fully saturated rings. The summed E-state index contributed by atoms with van der Waals surface area (Å²) < 4.78 is 26.6. The largest absolute Gasteiger partial charge is 0.492 e. The van der Waals surface area contributed by atoms with Gasteiger partial charge in [-0.05, 0) is 35.4 Å². The van der Waals surface area contributed by atoms with Gasteiger partial charge in [-0.15, -0.1) is 0 Å². The Hall–Kier alpha value is -3.45. The van der Waals surface area contributed by atoms with Crippen LogP contribution in [0.2, 0.25) is 0 Å². The smallest absolute Gasteiger partial charge is 0.307 e. The van der Waals surface area contributed by atoms with Gasteiger partial charge in [-0.25, -0.2) is 4.39 Å². The predicted octanol–water partition coefficient (Wildman–Crippen LogP) is 3.49. The first kappa shape index (κ1) is 19.8. The van der Waals surface area contributed by atoms with Crippen LogP contribution in [0.5, 0.6) is 11.5 Å². The van der Waals surface area contributed by atoms with Gasteiger partial charge in [0.1, 0.15) is 18.1 Å². The lowest BCUT2D eigenvalue weighted by atomic mass is 9.97. The molecule has 0 spiro atoms. The number of benzene rings is 2. The van der Waals surface area contributed by atoms with Crippen molar-refractivity contribution in [3.8, 4) is 22.6 Å². The Balaban J connectivity index is 1.67. The third kappa shape index (κ3) is 3.97. The number of pyridine rings is 1.